The molecule has 0 nitrogen and oxygen atoms in total. The molecule has 0 bridgehead atoms. The molecular formula is C17H30. The van der Waals surface area contributed by atoms with E-state index in [2.05, 4.69) is 33.9 Å². The number of hydrogen-bond donors (Lipinski definition) is 0. The lowest BCUT2D eigenvalue weighted by Crippen LogP contribution is -2.06. The highest BCUT2D eigenvalue weighted by Gasteiger charge is 2.33. The summed E-state index contributed by atoms with van der Waals surface area (Å²) in [6.45, 7) is 14.2. The van der Waals surface area contributed by atoms with Crippen LogP contribution in [0.4, 0.5) is 0 Å². The zero-order valence-electron chi connectivity index (χ0n) is 12.0. The molecule has 0 N–H and O–H groups in total. The lowest BCUT2D eigenvalue weighted by molar-refractivity contribution is 0.351. The van der Waals surface area contributed by atoms with E-state index in [1.807, 2.05) is 12.2 Å². The van der Waals surface area contributed by atoms with E-state index >= 15 is 0 Å². The maximum Gasteiger partial charge on any atom is -0.0236 e. The Morgan fingerprint density at radius 1 is 0.765 bits per heavy atom. The Kier molecular flexibility index (Phi) is 5.49. The third-order valence-electron chi connectivity index (χ3n) is 3.71. The summed E-state index contributed by atoms with van der Waals surface area (Å²) in [6.07, 6.45) is 12.6. The van der Waals surface area contributed by atoms with E-state index in [1.165, 1.54) is 38.5 Å². The van der Waals surface area contributed by atoms with Gasteiger partial charge in [0.05, 0.1) is 0 Å². The van der Waals surface area contributed by atoms with Crippen molar-refractivity contribution in [3.63, 3.8) is 0 Å². The Hall–Kier alpha value is -0.520. The van der Waals surface area contributed by atoms with E-state index in [9.17, 15) is 0 Å². The largest absolute Gasteiger partial charge is 0.103 e. The Morgan fingerprint density at radius 2 is 1.12 bits per heavy atom. The summed E-state index contributed by atoms with van der Waals surface area (Å²) in [5, 5.41) is 0. The molecule has 17 heavy (non-hydrogen) atoms. The van der Waals surface area contributed by atoms with Crippen molar-refractivity contribution in [1.82, 2.24) is 0 Å². The van der Waals surface area contributed by atoms with Crippen LogP contribution >= 0.6 is 0 Å². The van der Waals surface area contributed by atoms with E-state index in [0.29, 0.717) is 5.41 Å². The fraction of sp³-hybridized carbons (Fsp3) is 0.765. The van der Waals surface area contributed by atoms with Crippen molar-refractivity contribution in [2.75, 3.05) is 0 Å². The zero-order valence-corrected chi connectivity index (χ0v) is 12.0. The first-order valence-electron chi connectivity index (χ1n) is 7.22. The normalized spacial score (nSPS) is 22.5. The summed E-state index contributed by atoms with van der Waals surface area (Å²) in [5.74, 6) is 2.84. The average molecular weight is 234 g/mol. The van der Waals surface area contributed by atoms with Crippen LogP contribution in [0.15, 0.2) is 25.3 Å². The minimum atomic E-state index is 0.611. The first-order valence-corrected chi connectivity index (χ1v) is 7.22. The van der Waals surface area contributed by atoms with E-state index in [-0.39, 0.29) is 0 Å². The Labute approximate surface area is 108 Å². The standard InChI is InChI=1S/C7H14.2C5H8/c1-7(2,3)6-4-5-6;2*1-2-5-3-4-5/h6H,4-5H2,1-3H3;2*2,5H,1,3-4H2. The number of rotatable bonds is 2. The maximum absolute atomic E-state index is 3.62. The number of hydrogen-bond acceptors (Lipinski definition) is 0. The van der Waals surface area contributed by atoms with Crippen molar-refractivity contribution in [2.45, 2.75) is 59.3 Å². The van der Waals surface area contributed by atoms with Crippen LogP contribution in [0.2, 0.25) is 0 Å². The molecule has 0 unspecified atom stereocenters. The minimum Gasteiger partial charge on any atom is -0.103 e. The first-order chi connectivity index (χ1) is 7.97. The van der Waals surface area contributed by atoms with Crippen LogP contribution in [0, 0.1) is 23.2 Å². The molecule has 0 saturated heterocycles. The van der Waals surface area contributed by atoms with Gasteiger partial charge in [-0.2, -0.15) is 0 Å². The molecule has 0 aromatic carbocycles. The van der Waals surface area contributed by atoms with Crippen molar-refractivity contribution in [2.24, 2.45) is 23.2 Å². The van der Waals surface area contributed by atoms with E-state index < -0.39 is 0 Å². The molecule has 3 fully saturated rings. The van der Waals surface area contributed by atoms with Gasteiger partial charge in [-0.3, -0.25) is 0 Å². The molecule has 3 rings (SSSR count). The first kappa shape index (κ1) is 14.5. The van der Waals surface area contributed by atoms with Crippen LogP contribution in [0.1, 0.15) is 59.3 Å². The third kappa shape index (κ3) is 8.24. The molecular weight excluding hydrogens is 204 g/mol. The summed E-state index contributed by atoms with van der Waals surface area (Å²) < 4.78 is 0. The van der Waals surface area contributed by atoms with Gasteiger partial charge in [0, 0.05) is 0 Å². The van der Waals surface area contributed by atoms with Crippen molar-refractivity contribution in [1.29, 1.82) is 0 Å². The highest BCUT2D eigenvalue weighted by Crippen LogP contribution is 2.44. The highest BCUT2D eigenvalue weighted by atomic mass is 14.4. The number of allylic oxidation sites excluding steroid dienone is 2. The Bertz CT molecular complexity index is 215. The van der Waals surface area contributed by atoms with Crippen LogP contribution in [-0.4, -0.2) is 0 Å². The summed E-state index contributed by atoms with van der Waals surface area (Å²) >= 11 is 0. The average Bonchev–Trinajstić information content (AvgIpc) is 3.21. The van der Waals surface area contributed by atoms with Gasteiger partial charge in [0.1, 0.15) is 0 Å². The van der Waals surface area contributed by atoms with Crippen molar-refractivity contribution in [3.8, 4) is 0 Å². The van der Waals surface area contributed by atoms with Crippen LogP contribution in [0.5, 0.6) is 0 Å². The lowest BCUT2D eigenvalue weighted by Gasteiger charge is -2.15. The summed E-state index contributed by atoms with van der Waals surface area (Å²) in [5.41, 5.74) is 0.611. The maximum atomic E-state index is 3.62. The molecule has 98 valence electrons. The zero-order chi connectivity index (χ0) is 12.9. The van der Waals surface area contributed by atoms with Crippen LogP contribution in [0.25, 0.3) is 0 Å². The van der Waals surface area contributed by atoms with E-state index in [1.54, 1.807) is 0 Å². The Balaban J connectivity index is 0.000000130. The monoisotopic (exact) mass is 234 g/mol. The lowest BCUT2D eigenvalue weighted by atomic mass is 9.91. The van der Waals surface area contributed by atoms with Gasteiger partial charge in [0.25, 0.3) is 0 Å². The van der Waals surface area contributed by atoms with Gasteiger partial charge >= 0.3 is 0 Å². The molecule has 0 aromatic heterocycles. The predicted molar refractivity (Wildman–Crippen MR) is 78.0 cm³/mol. The van der Waals surface area contributed by atoms with E-state index in [4.69, 9.17) is 0 Å². The molecule has 0 aliphatic heterocycles. The van der Waals surface area contributed by atoms with Crippen LogP contribution < -0.4 is 0 Å². The van der Waals surface area contributed by atoms with Crippen molar-refractivity contribution < 1.29 is 0 Å². The molecule has 0 aromatic rings. The highest BCUT2D eigenvalue weighted by molar-refractivity contribution is 4.89. The van der Waals surface area contributed by atoms with Gasteiger partial charge in [-0.25, -0.2) is 0 Å². The van der Waals surface area contributed by atoms with Crippen molar-refractivity contribution in [3.05, 3.63) is 25.3 Å². The molecule has 0 amide bonds. The summed E-state index contributed by atoms with van der Waals surface area (Å²) in [7, 11) is 0. The molecule has 0 heteroatoms. The quantitative estimate of drug-likeness (QED) is 0.545. The van der Waals surface area contributed by atoms with Gasteiger partial charge in [-0.1, -0.05) is 32.9 Å². The molecule has 3 aliphatic rings. The molecule has 0 spiro atoms. The van der Waals surface area contributed by atoms with E-state index in [0.717, 1.165) is 17.8 Å². The van der Waals surface area contributed by atoms with Crippen LogP contribution in [-0.2, 0) is 0 Å². The second-order valence-electron chi connectivity index (χ2n) is 6.79. The van der Waals surface area contributed by atoms with Gasteiger partial charge in [0.2, 0.25) is 0 Å². The van der Waals surface area contributed by atoms with Crippen molar-refractivity contribution >= 4 is 0 Å². The predicted octanol–water partition coefficient (Wildman–Crippen LogP) is 5.61. The smallest absolute Gasteiger partial charge is 0.0236 e. The third-order valence-corrected chi connectivity index (χ3v) is 3.71. The topological polar surface area (TPSA) is 0 Å². The second kappa shape index (κ2) is 6.42. The molecule has 0 heterocycles. The summed E-state index contributed by atoms with van der Waals surface area (Å²) in [6, 6.07) is 0. The molecule has 0 atom stereocenters. The fourth-order valence-electron chi connectivity index (χ4n) is 1.61. The van der Waals surface area contributed by atoms with Gasteiger partial charge in [-0.05, 0) is 61.7 Å². The molecule has 0 radical (unpaired) electrons. The van der Waals surface area contributed by atoms with Gasteiger partial charge in [-0.15, -0.1) is 13.2 Å². The molecule has 3 aliphatic carbocycles. The van der Waals surface area contributed by atoms with Crippen LogP contribution in [0.3, 0.4) is 0 Å². The summed E-state index contributed by atoms with van der Waals surface area (Å²) in [4.78, 5) is 0. The Morgan fingerprint density at radius 3 is 1.12 bits per heavy atom. The van der Waals surface area contributed by atoms with Gasteiger partial charge < -0.3 is 0 Å². The SMILES string of the molecule is C=CC1CC1.C=CC1CC1.CC(C)(C)C1CC1. The minimum absolute atomic E-state index is 0.611. The second-order valence-corrected chi connectivity index (χ2v) is 6.79. The molecule has 3 saturated carbocycles. The van der Waals surface area contributed by atoms with Gasteiger partial charge in [0.15, 0.2) is 0 Å². The fourth-order valence-corrected chi connectivity index (χ4v) is 1.61.